The van der Waals surface area contributed by atoms with E-state index < -0.39 is 21.6 Å². The number of hydrogen-bond donors (Lipinski definition) is 0. The van der Waals surface area contributed by atoms with Gasteiger partial charge < -0.3 is 4.57 Å². The van der Waals surface area contributed by atoms with Gasteiger partial charge >= 0.3 is 6.18 Å². The van der Waals surface area contributed by atoms with Crippen LogP contribution in [0.3, 0.4) is 0 Å². The van der Waals surface area contributed by atoms with Crippen molar-refractivity contribution < 1.29 is 21.6 Å². The largest absolute Gasteiger partial charge is 0.417 e. The van der Waals surface area contributed by atoms with Crippen LogP contribution in [0.1, 0.15) is 12.5 Å². The summed E-state index contributed by atoms with van der Waals surface area (Å²) in [5, 5.41) is 0. The third-order valence-corrected chi connectivity index (χ3v) is 7.38. The molecule has 28 heavy (non-hydrogen) atoms. The van der Waals surface area contributed by atoms with Gasteiger partial charge in [0.05, 0.1) is 20.9 Å². The number of aromatic nitrogens is 4. The maximum atomic E-state index is 13.0. The summed E-state index contributed by atoms with van der Waals surface area (Å²) >= 11 is 1.18. The second-order valence-corrected chi connectivity index (χ2v) is 9.34. The summed E-state index contributed by atoms with van der Waals surface area (Å²) in [5.41, 5.74) is -0.310. The molecule has 0 unspecified atom stereocenters. The standard InChI is InChI=1S/C17H13F3N4O2S2/c1-3-28(25,26)14-12-11(5-4-6-21-12)27-13(14)16-23-10-7-9(17(18,19)20)8-22-15(10)24(16)2/h4-8H,3H2,1-2H3. The van der Waals surface area contributed by atoms with Crippen LogP contribution in [0.25, 0.3) is 32.1 Å². The van der Waals surface area contributed by atoms with Gasteiger partial charge in [-0.3, -0.25) is 4.98 Å². The fourth-order valence-corrected chi connectivity index (χ4v) is 5.69. The molecule has 0 spiro atoms. The molecule has 0 saturated carbocycles. The first kappa shape index (κ1) is 18.8. The van der Waals surface area contributed by atoms with E-state index in [1.165, 1.54) is 29.0 Å². The number of aryl methyl sites for hydroxylation is 1. The second kappa shape index (κ2) is 6.24. The van der Waals surface area contributed by atoms with Gasteiger partial charge in [-0.05, 0) is 18.2 Å². The topological polar surface area (TPSA) is 77.7 Å². The van der Waals surface area contributed by atoms with Crippen LogP contribution < -0.4 is 0 Å². The fourth-order valence-electron chi connectivity index (χ4n) is 2.92. The SMILES string of the molecule is CCS(=O)(=O)c1c(-c2nc3cc(C(F)(F)F)cnc3n2C)sc2cccnc12. The van der Waals surface area contributed by atoms with Crippen LogP contribution in [0.2, 0.25) is 0 Å². The van der Waals surface area contributed by atoms with Gasteiger partial charge in [0.25, 0.3) is 0 Å². The second-order valence-electron chi connectivity index (χ2n) is 6.07. The molecule has 0 saturated heterocycles. The van der Waals surface area contributed by atoms with Crippen LogP contribution in [0.15, 0.2) is 35.5 Å². The van der Waals surface area contributed by atoms with Gasteiger partial charge in [0.2, 0.25) is 0 Å². The van der Waals surface area contributed by atoms with E-state index in [0.29, 0.717) is 15.1 Å². The maximum absolute atomic E-state index is 13.0. The molecule has 0 amide bonds. The van der Waals surface area contributed by atoms with Gasteiger partial charge in [-0.1, -0.05) is 6.92 Å². The summed E-state index contributed by atoms with van der Waals surface area (Å²) in [7, 11) is -2.06. The number of halogens is 3. The third-order valence-electron chi connectivity index (χ3n) is 4.33. The average molecular weight is 426 g/mol. The molecular formula is C17H13F3N4O2S2. The monoisotopic (exact) mass is 426 g/mol. The number of sulfone groups is 1. The molecule has 4 aromatic rings. The molecule has 6 nitrogen and oxygen atoms in total. The number of nitrogens with zero attached hydrogens (tertiary/aromatic N) is 4. The van der Waals surface area contributed by atoms with Gasteiger partial charge in [0.1, 0.15) is 15.9 Å². The Bertz CT molecular complexity index is 1320. The Balaban J connectivity index is 2.04. The zero-order chi connectivity index (χ0) is 20.3. The maximum Gasteiger partial charge on any atom is 0.417 e. The summed E-state index contributed by atoms with van der Waals surface area (Å²) in [5.74, 6) is 0.0971. The summed E-state index contributed by atoms with van der Waals surface area (Å²) in [6.45, 7) is 1.53. The zero-order valence-corrected chi connectivity index (χ0v) is 16.3. The highest BCUT2D eigenvalue weighted by molar-refractivity contribution is 7.92. The normalized spacial score (nSPS) is 12.9. The van der Waals surface area contributed by atoms with Gasteiger partial charge in [-0.25, -0.2) is 18.4 Å². The summed E-state index contributed by atoms with van der Waals surface area (Å²) in [6, 6.07) is 4.34. The fraction of sp³-hybridized carbons (Fsp3) is 0.235. The predicted molar refractivity (Wildman–Crippen MR) is 99.9 cm³/mol. The average Bonchev–Trinajstić information content (AvgIpc) is 3.19. The Kier molecular flexibility index (Phi) is 4.19. The van der Waals surface area contributed by atoms with E-state index in [-0.39, 0.29) is 27.6 Å². The van der Waals surface area contributed by atoms with Gasteiger partial charge in [-0.2, -0.15) is 13.2 Å². The molecule has 0 aliphatic rings. The molecule has 0 atom stereocenters. The number of hydrogen-bond acceptors (Lipinski definition) is 6. The Labute approximate surface area is 161 Å². The highest BCUT2D eigenvalue weighted by Crippen LogP contribution is 2.41. The Morgan fingerprint density at radius 3 is 2.68 bits per heavy atom. The van der Waals surface area contributed by atoms with Gasteiger partial charge in [-0.15, -0.1) is 11.3 Å². The Morgan fingerprint density at radius 1 is 1.25 bits per heavy atom. The van der Waals surface area contributed by atoms with Crippen LogP contribution in [0, 0.1) is 0 Å². The van der Waals surface area contributed by atoms with Crippen molar-refractivity contribution in [2.75, 3.05) is 5.75 Å². The molecule has 0 radical (unpaired) electrons. The summed E-state index contributed by atoms with van der Waals surface area (Å²) in [4.78, 5) is 12.7. The molecule has 0 aliphatic heterocycles. The minimum atomic E-state index is -4.54. The van der Waals surface area contributed by atoms with E-state index in [1.54, 1.807) is 19.2 Å². The smallest absolute Gasteiger partial charge is 0.311 e. The molecule has 0 bridgehead atoms. The molecule has 0 fully saturated rings. The van der Waals surface area contributed by atoms with Crippen molar-refractivity contribution in [3.63, 3.8) is 0 Å². The van der Waals surface area contributed by atoms with Crippen molar-refractivity contribution in [1.29, 1.82) is 0 Å². The van der Waals surface area contributed by atoms with Crippen molar-refractivity contribution >= 4 is 42.6 Å². The van der Waals surface area contributed by atoms with Crippen molar-refractivity contribution in [2.45, 2.75) is 18.0 Å². The Morgan fingerprint density at radius 2 is 2.00 bits per heavy atom. The number of fused-ring (bicyclic) bond motifs is 2. The lowest BCUT2D eigenvalue weighted by atomic mass is 10.2. The van der Waals surface area contributed by atoms with E-state index in [0.717, 1.165) is 12.3 Å². The summed E-state index contributed by atoms with van der Waals surface area (Å²) in [6.07, 6.45) is -2.30. The molecule has 4 rings (SSSR count). The lowest BCUT2D eigenvalue weighted by molar-refractivity contribution is -0.137. The molecule has 4 aromatic heterocycles. The van der Waals surface area contributed by atoms with Gasteiger partial charge in [0, 0.05) is 19.4 Å². The van der Waals surface area contributed by atoms with Gasteiger partial charge in [0.15, 0.2) is 21.3 Å². The number of pyridine rings is 2. The zero-order valence-electron chi connectivity index (χ0n) is 14.6. The van der Waals surface area contributed by atoms with Crippen LogP contribution in [0.5, 0.6) is 0 Å². The molecule has 0 N–H and O–H groups in total. The van der Waals surface area contributed by atoms with Crippen LogP contribution >= 0.6 is 11.3 Å². The molecule has 0 aromatic carbocycles. The predicted octanol–water partition coefficient (Wildman–Crippen LogP) is 4.06. The van der Waals surface area contributed by atoms with Crippen molar-refractivity contribution in [3.05, 3.63) is 36.2 Å². The number of rotatable bonds is 3. The lowest BCUT2D eigenvalue weighted by Gasteiger charge is -2.05. The van der Waals surface area contributed by atoms with E-state index >= 15 is 0 Å². The molecular weight excluding hydrogens is 413 g/mol. The van der Waals surface area contributed by atoms with Crippen LogP contribution in [-0.4, -0.2) is 33.7 Å². The van der Waals surface area contributed by atoms with Crippen molar-refractivity contribution in [2.24, 2.45) is 7.05 Å². The minimum absolute atomic E-state index is 0.0394. The highest BCUT2D eigenvalue weighted by Gasteiger charge is 2.32. The van der Waals surface area contributed by atoms with Crippen molar-refractivity contribution in [1.82, 2.24) is 19.5 Å². The van der Waals surface area contributed by atoms with E-state index in [2.05, 4.69) is 15.0 Å². The van der Waals surface area contributed by atoms with Crippen LogP contribution in [-0.2, 0) is 23.1 Å². The first-order valence-electron chi connectivity index (χ1n) is 8.14. The highest BCUT2D eigenvalue weighted by atomic mass is 32.2. The summed E-state index contributed by atoms with van der Waals surface area (Å²) < 4.78 is 66.6. The molecule has 146 valence electrons. The van der Waals surface area contributed by atoms with E-state index in [1.807, 2.05) is 0 Å². The number of imidazole rings is 1. The minimum Gasteiger partial charge on any atom is -0.311 e. The van der Waals surface area contributed by atoms with E-state index in [4.69, 9.17) is 0 Å². The quantitative estimate of drug-likeness (QED) is 0.494. The number of alkyl halides is 3. The van der Waals surface area contributed by atoms with Crippen LogP contribution in [0.4, 0.5) is 13.2 Å². The first-order valence-corrected chi connectivity index (χ1v) is 10.6. The van der Waals surface area contributed by atoms with E-state index in [9.17, 15) is 21.6 Å². The lowest BCUT2D eigenvalue weighted by Crippen LogP contribution is -2.06. The molecule has 11 heteroatoms. The van der Waals surface area contributed by atoms with Crippen molar-refractivity contribution in [3.8, 4) is 10.7 Å². The third kappa shape index (κ3) is 2.85. The first-order chi connectivity index (χ1) is 13.1. The number of thiophene rings is 1. The molecule has 4 heterocycles. The molecule has 0 aliphatic carbocycles. The Hall–Kier alpha value is -2.53.